The van der Waals surface area contributed by atoms with Gasteiger partial charge in [0.2, 0.25) is 0 Å². The zero-order valence-corrected chi connectivity index (χ0v) is 11.0. The van der Waals surface area contributed by atoms with E-state index >= 15 is 0 Å². The standard InChI is InChI=1S/C11H11Cl2NOS/c1-14-9(4-7-2-3-15-6-7)8-5-10(12)16-11(8)13/h2-3,5-6,9,14H,4H2,1H3. The van der Waals surface area contributed by atoms with E-state index in [0.29, 0.717) is 4.34 Å². The van der Waals surface area contributed by atoms with Gasteiger partial charge in [-0.3, -0.25) is 0 Å². The van der Waals surface area contributed by atoms with Gasteiger partial charge in [-0.1, -0.05) is 23.2 Å². The molecular weight excluding hydrogens is 265 g/mol. The molecule has 1 unspecified atom stereocenters. The molecule has 5 heteroatoms. The first kappa shape index (κ1) is 12.0. The predicted molar refractivity (Wildman–Crippen MR) is 68.6 cm³/mol. The summed E-state index contributed by atoms with van der Waals surface area (Å²) in [7, 11) is 1.91. The monoisotopic (exact) mass is 275 g/mol. The summed E-state index contributed by atoms with van der Waals surface area (Å²) < 4.78 is 6.51. The Hall–Kier alpha value is -0.480. The zero-order valence-electron chi connectivity index (χ0n) is 8.67. The van der Waals surface area contributed by atoms with Crippen molar-refractivity contribution in [1.82, 2.24) is 5.32 Å². The Bertz CT molecular complexity index is 453. The topological polar surface area (TPSA) is 25.2 Å². The first-order valence-electron chi connectivity index (χ1n) is 4.83. The molecule has 0 fully saturated rings. The number of hydrogen-bond donors (Lipinski definition) is 1. The molecule has 0 aromatic carbocycles. The number of furan rings is 1. The van der Waals surface area contributed by atoms with E-state index in [0.717, 1.165) is 21.9 Å². The molecule has 0 aliphatic carbocycles. The van der Waals surface area contributed by atoms with Crippen LogP contribution in [0.15, 0.2) is 29.1 Å². The maximum absolute atomic E-state index is 6.13. The minimum Gasteiger partial charge on any atom is -0.472 e. The Morgan fingerprint density at radius 3 is 2.81 bits per heavy atom. The fraction of sp³-hybridized carbons (Fsp3) is 0.273. The molecule has 0 aliphatic rings. The van der Waals surface area contributed by atoms with Crippen molar-refractivity contribution < 1.29 is 4.42 Å². The molecule has 0 spiro atoms. The first-order chi connectivity index (χ1) is 7.70. The number of rotatable bonds is 4. The molecule has 16 heavy (non-hydrogen) atoms. The van der Waals surface area contributed by atoms with Gasteiger partial charge in [0.1, 0.15) is 0 Å². The third-order valence-electron chi connectivity index (χ3n) is 2.43. The summed E-state index contributed by atoms with van der Waals surface area (Å²) in [5.41, 5.74) is 2.18. The molecule has 2 nitrogen and oxygen atoms in total. The Labute approximate surface area is 108 Å². The van der Waals surface area contributed by atoms with Crippen LogP contribution in [0.1, 0.15) is 17.2 Å². The van der Waals surface area contributed by atoms with Gasteiger partial charge < -0.3 is 9.73 Å². The van der Waals surface area contributed by atoms with Crippen LogP contribution in [0, 0.1) is 0 Å². The van der Waals surface area contributed by atoms with Crippen LogP contribution in [0.4, 0.5) is 0 Å². The molecule has 0 saturated heterocycles. The zero-order chi connectivity index (χ0) is 11.5. The van der Waals surface area contributed by atoms with Crippen LogP contribution in [0.25, 0.3) is 0 Å². The summed E-state index contributed by atoms with van der Waals surface area (Å²) in [6, 6.07) is 4.02. The molecule has 0 radical (unpaired) electrons. The van der Waals surface area contributed by atoms with Gasteiger partial charge >= 0.3 is 0 Å². The van der Waals surface area contributed by atoms with E-state index in [2.05, 4.69) is 5.32 Å². The van der Waals surface area contributed by atoms with Gasteiger partial charge in [0.25, 0.3) is 0 Å². The molecule has 2 rings (SSSR count). The van der Waals surface area contributed by atoms with Gasteiger partial charge in [0.15, 0.2) is 0 Å². The Kier molecular flexibility index (Phi) is 3.92. The van der Waals surface area contributed by atoms with Crippen LogP contribution in [0.3, 0.4) is 0 Å². The Morgan fingerprint density at radius 2 is 2.31 bits per heavy atom. The molecule has 2 heterocycles. The molecule has 2 aromatic heterocycles. The quantitative estimate of drug-likeness (QED) is 0.907. The van der Waals surface area contributed by atoms with Gasteiger partial charge in [-0.15, -0.1) is 11.3 Å². The highest BCUT2D eigenvalue weighted by Gasteiger charge is 2.16. The normalized spacial score (nSPS) is 12.9. The lowest BCUT2D eigenvalue weighted by Crippen LogP contribution is -2.18. The average Bonchev–Trinajstić information content (AvgIpc) is 2.85. The second-order valence-corrected chi connectivity index (χ2v) is 5.74. The summed E-state index contributed by atoms with van der Waals surface area (Å²) in [5.74, 6) is 0. The SMILES string of the molecule is CNC(Cc1ccoc1)c1cc(Cl)sc1Cl. The van der Waals surface area contributed by atoms with E-state index in [-0.39, 0.29) is 6.04 Å². The highest BCUT2D eigenvalue weighted by atomic mass is 35.5. The molecule has 0 bridgehead atoms. The van der Waals surface area contributed by atoms with Crippen molar-refractivity contribution in [2.75, 3.05) is 7.05 Å². The highest BCUT2D eigenvalue weighted by molar-refractivity contribution is 7.20. The number of likely N-dealkylation sites (N-methyl/N-ethyl adjacent to an activating group) is 1. The maximum Gasteiger partial charge on any atom is 0.0992 e. The minimum atomic E-state index is 0.161. The highest BCUT2D eigenvalue weighted by Crippen LogP contribution is 2.35. The smallest absolute Gasteiger partial charge is 0.0992 e. The van der Waals surface area contributed by atoms with E-state index in [1.807, 2.05) is 19.2 Å². The molecule has 1 atom stereocenters. The van der Waals surface area contributed by atoms with Gasteiger partial charge in [-0.25, -0.2) is 0 Å². The van der Waals surface area contributed by atoms with Gasteiger partial charge in [-0.05, 0) is 31.2 Å². The van der Waals surface area contributed by atoms with E-state index in [4.69, 9.17) is 27.6 Å². The molecule has 0 amide bonds. The van der Waals surface area contributed by atoms with Crippen molar-refractivity contribution in [2.45, 2.75) is 12.5 Å². The summed E-state index contributed by atoms with van der Waals surface area (Å²) in [4.78, 5) is 0. The average molecular weight is 276 g/mol. The molecule has 0 saturated carbocycles. The third kappa shape index (κ3) is 2.61. The third-order valence-corrected chi connectivity index (χ3v) is 3.94. The van der Waals surface area contributed by atoms with E-state index in [1.165, 1.54) is 11.3 Å². The summed E-state index contributed by atoms with van der Waals surface area (Å²) in [5, 5.41) is 3.23. The van der Waals surface area contributed by atoms with Crippen LogP contribution in [-0.2, 0) is 6.42 Å². The fourth-order valence-electron chi connectivity index (χ4n) is 1.60. The van der Waals surface area contributed by atoms with Crippen molar-refractivity contribution in [2.24, 2.45) is 0 Å². The number of halogens is 2. The summed E-state index contributed by atoms with van der Waals surface area (Å²) in [6.45, 7) is 0. The van der Waals surface area contributed by atoms with Crippen molar-refractivity contribution in [1.29, 1.82) is 0 Å². The van der Waals surface area contributed by atoms with E-state index in [9.17, 15) is 0 Å². The van der Waals surface area contributed by atoms with Crippen molar-refractivity contribution in [3.63, 3.8) is 0 Å². The van der Waals surface area contributed by atoms with Crippen molar-refractivity contribution in [3.8, 4) is 0 Å². The number of hydrogen-bond acceptors (Lipinski definition) is 3. The molecule has 1 N–H and O–H groups in total. The van der Waals surface area contributed by atoms with Crippen molar-refractivity contribution in [3.05, 3.63) is 44.5 Å². The largest absolute Gasteiger partial charge is 0.472 e. The molecular formula is C11H11Cl2NOS. The van der Waals surface area contributed by atoms with Crippen LogP contribution >= 0.6 is 34.5 Å². The van der Waals surface area contributed by atoms with Crippen LogP contribution in [0.2, 0.25) is 8.67 Å². The van der Waals surface area contributed by atoms with Gasteiger partial charge in [-0.2, -0.15) is 0 Å². The van der Waals surface area contributed by atoms with Crippen LogP contribution in [0.5, 0.6) is 0 Å². The molecule has 86 valence electrons. The minimum absolute atomic E-state index is 0.161. The molecule has 0 aliphatic heterocycles. The lowest BCUT2D eigenvalue weighted by Gasteiger charge is -2.14. The fourth-order valence-corrected chi connectivity index (χ4v) is 3.18. The Balaban J connectivity index is 2.19. The Morgan fingerprint density at radius 1 is 1.50 bits per heavy atom. The second kappa shape index (κ2) is 5.23. The second-order valence-electron chi connectivity index (χ2n) is 3.46. The van der Waals surface area contributed by atoms with Crippen LogP contribution in [-0.4, -0.2) is 7.05 Å². The summed E-state index contributed by atoms with van der Waals surface area (Å²) >= 11 is 13.5. The van der Waals surface area contributed by atoms with Crippen LogP contribution < -0.4 is 5.32 Å². The van der Waals surface area contributed by atoms with E-state index in [1.54, 1.807) is 12.5 Å². The summed E-state index contributed by atoms with van der Waals surface area (Å²) in [6.07, 6.45) is 4.25. The first-order valence-corrected chi connectivity index (χ1v) is 6.41. The number of thiophene rings is 1. The number of nitrogens with one attached hydrogen (secondary N) is 1. The van der Waals surface area contributed by atoms with Gasteiger partial charge in [0.05, 0.1) is 21.2 Å². The van der Waals surface area contributed by atoms with E-state index < -0.39 is 0 Å². The van der Waals surface area contributed by atoms with Crippen molar-refractivity contribution >= 4 is 34.5 Å². The maximum atomic E-state index is 6.13. The predicted octanol–water partition coefficient (Wildman–Crippen LogP) is 4.15. The molecule has 2 aromatic rings. The van der Waals surface area contributed by atoms with Gasteiger partial charge in [0, 0.05) is 11.6 Å². The lowest BCUT2D eigenvalue weighted by molar-refractivity contribution is 0.552. The lowest BCUT2D eigenvalue weighted by atomic mass is 10.0.